The fourth-order valence-electron chi connectivity index (χ4n) is 2.39. The molecule has 7 nitrogen and oxygen atoms in total. The van der Waals surface area contributed by atoms with Gasteiger partial charge in [-0.15, -0.1) is 12.4 Å². The summed E-state index contributed by atoms with van der Waals surface area (Å²) in [5.74, 6) is 1.12. The van der Waals surface area contributed by atoms with Crippen molar-refractivity contribution in [3.05, 3.63) is 47.1 Å². The van der Waals surface area contributed by atoms with Gasteiger partial charge in [-0.25, -0.2) is 4.79 Å². The number of rotatable bonds is 7. The lowest BCUT2D eigenvalue weighted by Gasteiger charge is -2.18. The van der Waals surface area contributed by atoms with Crippen molar-refractivity contribution >= 4 is 18.4 Å². The molecule has 0 spiro atoms. The van der Waals surface area contributed by atoms with Crippen molar-refractivity contribution in [2.24, 2.45) is 5.73 Å². The molecular formula is C16H24ClN5O2. The largest absolute Gasteiger partial charge is 0.352 e. The highest BCUT2D eigenvalue weighted by Gasteiger charge is 2.19. The topological polar surface area (TPSA) is 106 Å². The SMILES string of the molecule is CNC(C)Cc1noc(CC(NC(N)=O)c2ccccc2C)n1.Cl. The van der Waals surface area contributed by atoms with Gasteiger partial charge in [0, 0.05) is 12.5 Å². The number of aromatic nitrogens is 2. The summed E-state index contributed by atoms with van der Waals surface area (Å²) in [5.41, 5.74) is 7.34. The lowest BCUT2D eigenvalue weighted by Crippen LogP contribution is -2.34. The van der Waals surface area contributed by atoms with E-state index in [4.69, 9.17) is 10.3 Å². The zero-order chi connectivity index (χ0) is 16.8. The number of aryl methyl sites for hydroxylation is 1. The third-order valence-electron chi connectivity index (χ3n) is 3.75. The Bertz CT molecular complexity index is 661. The lowest BCUT2D eigenvalue weighted by atomic mass is 9.99. The summed E-state index contributed by atoms with van der Waals surface area (Å²) in [6.45, 7) is 4.03. The molecule has 0 radical (unpaired) electrons. The second-order valence-electron chi connectivity index (χ2n) is 5.62. The Morgan fingerprint density at radius 3 is 2.67 bits per heavy atom. The second-order valence-corrected chi connectivity index (χ2v) is 5.62. The van der Waals surface area contributed by atoms with Crippen LogP contribution in [0.15, 0.2) is 28.8 Å². The highest BCUT2D eigenvalue weighted by Crippen LogP contribution is 2.21. The van der Waals surface area contributed by atoms with Gasteiger partial charge in [0.2, 0.25) is 5.89 Å². The van der Waals surface area contributed by atoms with Gasteiger partial charge < -0.3 is 20.9 Å². The minimum absolute atomic E-state index is 0. The number of nitrogens with two attached hydrogens (primary N) is 1. The van der Waals surface area contributed by atoms with Crippen LogP contribution in [0, 0.1) is 6.92 Å². The first-order chi connectivity index (χ1) is 11.0. The van der Waals surface area contributed by atoms with Crippen LogP contribution in [0.5, 0.6) is 0 Å². The maximum atomic E-state index is 11.3. The molecule has 0 aliphatic rings. The van der Waals surface area contributed by atoms with E-state index in [9.17, 15) is 4.79 Å². The molecule has 8 heteroatoms. The maximum absolute atomic E-state index is 11.3. The molecule has 2 aromatic rings. The Kier molecular flexibility index (Phi) is 7.67. The normalized spacial score (nSPS) is 13.0. The van der Waals surface area contributed by atoms with Crippen molar-refractivity contribution in [2.45, 2.75) is 38.8 Å². The Balaban J connectivity index is 0.00000288. The Labute approximate surface area is 147 Å². The minimum Gasteiger partial charge on any atom is -0.352 e. The number of carbonyl (C=O) groups excluding carboxylic acids is 1. The number of nitrogens with one attached hydrogen (secondary N) is 2. The summed E-state index contributed by atoms with van der Waals surface area (Å²) >= 11 is 0. The number of halogens is 1. The van der Waals surface area contributed by atoms with E-state index in [0.717, 1.165) is 11.1 Å². The number of nitrogens with zero attached hydrogens (tertiary/aromatic N) is 2. The molecule has 2 rings (SSSR count). The van der Waals surface area contributed by atoms with Gasteiger partial charge in [-0.3, -0.25) is 0 Å². The van der Waals surface area contributed by atoms with E-state index >= 15 is 0 Å². The van der Waals surface area contributed by atoms with Crippen LogP contribution in [0.1, 0.15) is 35.8 Å². The van der Waals surface area contributed by atoms with E-state index in [1.54, 1.807) is 0 Å². The predicted octanol–water partition coefficient (Wildman–Crippen LogP) is 1.90. The number of urea groups is 1. The van der Waals surface area contributed by atoms with Crippen molar-refractivity contribution in [1.82, 2.24) is 20.8 Å². The Morgan fingerprint density at radius 1 is 1.33 bits per heavy atom. The van der Waals surface area contributed by atoms with E-state index in [0.29, 0.717) is 24.6 Å². The Hall–Kier alpha value is -2.12. The van der Waals surface area contributed by atoms with Gasteiger partial charge in [0.15, 0.2) is 5.82 Å². The molecule has 0 bridgehead atoms. The lowest BCUT2D eigenvalue weighted by molar-refractivity contribution is 0.244. The van der Waals surface area contributed by atoms with Gasteiger partial charge in [-0.2, -0.15) is 4.98 Å². The summed E-state index contributed by atoms with van der Waals surface area (Å²) in [6, 6.07) is 7.19. The molecular weight excluding hydrogens is 330 g/mol. The zero-order valence-electron chi connectivity index (χ0n) is 14.1. The third-order valence-corrected chi connectivity index (χ3v) is 3.75. The van der Waals surface area contributed by atoms with Gasteiger partial charge in [0.25, 0.3) is 0 Å². The first-order valence-electron chi connectivity index (χ1n) is 7.59. The van der Waals surface area contributed by atoms with Crippen LogP contribution in [0.4, 0.5) is 4.79 Å². The maximum Gasteiger partial charge on any atom is 0.312 e. The fraction of sp³-hybridized carbons (Fsp3) is 0.438. The number of primary amides is 1. The van der Waals surface area contributed by atoms with Gasteiger partial charge in [-0.1, -0.05) is 29.4 Å². The van der Waals surface area contributed by atoms with E-state index in [2.05, 4.69) is 20.8 Å². The van der Waals surface area contributed by atoms with Gasteiger partial charge in [0.05, 0.1) is 12.5 Å². The summed E-state index contributed by atoms with van der Waals surface area (Å²) in [6.07, 6.45) is 1.08. The number of amides is 2. The Morgan fingerprint density at radius 2 is 2.04 bits per heavy atom. The molecule has 0 saturated heterocycles. The van der Waals surface area contributed by atoms with Crippen LogP contribution in [0.25, 0.3) is 0 Å². The quantitative estimate of drug-likeness (QED) is 0.705. The summed E-state index contributed by atoms with van der Waals surface area (Å²) in [7, 11) is 1.89. The number of carbonyl (C=O) groups is 1. The average molecular weight is 354 g/mol. The van der Waals surface area contributed by atoms with Gasteiger partial charge >= 0.3 is 6.03 Å². The van der Waals surface area contributed by atoms with E-state index in [1.807, 2.05) is 45.2 Å². The van der Waals surface area contributed by atoms with Crippen molar-refractivity contribution < 1.29 is 9.32 Å². The minimum atomic E-state index is -0.582. The predicted molar refractivity (Wildman–Crippen MR) is 94.1 cm³/mol. The molecule has 2 unspecified atom stereocenters. The first kappa shape index (κ1) is 19.9. The van der Waals surface area contributed by atoms with Crippen LogP contribution in [0.2, 0.25) is 0 Å². The van der Waals surface area contributed by atoms with Crippen molar-refractivity contribution in [2.75, 3.05) is 7.05 Å². The number of hydrogen-bond acceptors (Lipinski definition) is 5. The second kappa shape index (κ2) is 9.24. The molecule has 0 fully saturated rings. The molecule has 0 aliphatic carbocycles. The molecule has 2 atom stereocenters. The van der Waals surface area contributed by atoms with Gasteiger partial charge in [0.1, 0.15) is 0 Å². The molecule has 0 aliphatic heterocycles. The van der Waals surface area contributed by atoms with Crippen LogP contribution in [-0.4, -0.2) is 29.3 Å². The molecule has 1 heterocycles. The molecule has 0 saturated carbocycles. The van der Waals surface area contributed by atoms with Crippen LogP contribution < -0.4 is 16.4 Å². The highest BCUT2D eigenvalue weighted by molar-refractivity contribution is 5.85. The summed E-state index contributed by atoms with van der Waals surface area (Å²) in [5, 5.41) is 9.86. The van der Waals surface area contributed by atoms with Crippen LogP contribution in [0.3, 0.4) is 0 Å². The standard InChI is InChI=1S/C16H23N5O2.ClH/c1-10-6-4-5-7-12(10)13(19-16(17)22)9-15-20-14(21-23-15)8-11(2)18-3;/h4-7,11,13,18H,8-9H2,1-3H3,(H3,17,19,22);1H. The van der Waals surface area contributed by atoms with Crippen LogP contribution in [-0.2, 0) is 12.8 Å². The van der Waals surface area contributed by atoms with Gasteiger partial charge in [-0.05, 0) is 32.0 Å². The smallest absolute Gasteiger partial charge is 0.312 e. The number of likely N-dealkylation sites (N-methyl/N-ethyl adjacent to an activating group) is 1. The van der Waals surface area contributed by atoms with Crippen molar-refractivity contribution in [3.8, 4) is 0 Å². The highest BCUT2D eigenvalue weighted by atomic mass is 35.5. The van der Waals surface area contributed by atoms with E-state index in [1.165, 1.54) is 0 Å². The van der Waals surface area contributed by atoms with Crippen LogP contribution >= 0.6 is 12.4 Å². The average Bonchev–Trinajstić information content (AvgIpc) is 2.93. The van der Waals surface area contributed by atoms with E-state index < -0.39 is 6.03 Å². The van der Waals surface area contributed by atoms with Crippen molar-refractivity contribution in [1.29, 1.82) is 0 Å². The molecule has 1 aromatic carbocycles. The molecule has 2 amide bonds. The fourth-order valence-corrected chi connectivity index (χ4v) is 2.39. The monoisotopic (exact) mass is 353 g/mol. The number of benzene rings is 1. The molecule has 132 valence electrons. The molecule has 1 aromatic heterocycles. The van der Waals surface area contributed by atoms with Crippen molar-refractivity contribution in [3.63, 3.8) is 0 Å². The number of hydrogen-bond donors (Lipinski definition) is 3. The summed E-state index contributed by atoms with van der Waals surface area (Å²) < 4.78 is 5.30. The summed E-state index contributed by atoms with van der Waals surface area (Å²) in [4.78, 5) is 15.7. The molecule has 24 heavy (non-hydrogen) atoms. The zero-order valence-corrected chi connectivity index (χ0v) is 14.9. The molecule has 4 N–H and O–H groups in total. The third kappa shape index (κ3) is 5.50. The van der Waals surface area contributed by atoms with E-state index in [-0.39, 0.29) is 24.5 Å². The first-order valence-corrected chi connectivity index (χ1v) is 7.59.